The molecule has 2 saturated carbocycles. The molecule has 16 nitrogen and oxygen atoms in total. The van der Waals surface area contributed by atoms with Crippen molar-refractivity contribution in [1.82, 2.24) is 29.5 Å². The van der Waals surface area contributed by atoms with Crippen molar-refractivity contribution < 1.29 is 19.1 Å². The standard InChI is InChI=1S/C15H21N3O3.C14H17N5O2.CH4N2O/c1-3-21-15(20)11-9-18(7-6-13(11)19)14-8-12(10-4-5-10)16-17(14)2;1-18-12(6-11(17-18)8-2-3-8)19-5-4-10-9(7-19)13(20)16-14(21)15-10;2-1(3)4/h8,10-11H,3-7,9H2,1-2H3;6,8H,2-5,7H2,1H3,(H2,15,16,20,21);(H4,2,3,4). The molecule has 2 amide bonds. The molecule has 248 valence electrons. The van der Waals surface area contributed by atoms with Crippen molar-refractivity contribution in [3.63, 3.8) is 0 Å². The summed E-state index contributed by atoms with van der Waals surface area (Å²) in [5.41, 5.74) is 11.5. The number of piperidine rings is 1. The zero-order valence-corrected chi connectivity index (χ0v) is 26.5. The molecule has 4 aliphatic rings. The smallest absolute Gasteiger partial charge is 0.325 e. The van der Waals surface area contributed by atoms with Gasteiger partial charge in [0.15, 0.2) is 5.78 Å². The first-order valence-electron chi connectivity index (χ1n) is 15.6. The number of carbonyl (C=O) groups is 3. The number of anilines is 2. The van der Waals surface area contributed by atoms with Crippen molar-refractivity contribution in [3.8, 4) is 0 Å². The highest BCUT2D eigenvalue weighted by molar-refractivity contribution is 6.00. The second-order valence-corrected chi connectivity index (χ2v) is 12.1. The van der Waals surface area contributed by atoms with Crippen LogP contribution in [0.3, 0.4) is 0 Å². The predicted molar refractivity (Wildman–Crippen MR) is 169 cm³/mol. The normalized spacial score (nSPS) is 18.9. The van der Waals surface area contributed by atoms with E-state index in [0.29, 0.717) is 56.5 Å². The third kappa shape index (κ3) is 7.66. The lowest BCUT2D eigenvalue weighted by Gasteiger charge is -2.31. The molecule has 0 aromatic carbocycles. The third-order valence-corrected chi connectivity index (χ3v) is 8.49. The van der Waals surface area contributed by atoms with E-state index in [-0.39, 0.29) is 11.3 Å². The van der Waals surface area contributed by atoms with Gasteiger partial charge in [0.05, 0.1) is 30.1 Å². The van der Waals surface area contributed by atoms with Crippen LogP contribution in [-0.4, -0.2) is 73.6 Å². The van der Waals surface area contributed by atoms with Crippen molar-refractivity contribution >= 4 is 29.4 Å². The summed E-state index contributed by atoms with van der Waals surface area (Å²) in [4.78, 5) is 65.4. The van der Waals surface area contributed by atoms with E-state index in [0.717, 1.165) is 35.3 Å². The summed E-state index contributed by atoms with van der Waals surface area (Å²) >= 11 is 0. The molecule has 46 heavy (non-hydrogen) atoms. The van der Waals surface area contributed by atoms with Gasteiger partial charge in [-0.15, -0.1) is 0 Å². The Hall–Kier alpha value is -4.89. The molecule has 0 spiro atoms. The van der Waals surface area contributed by atoms with Gasteiger partial charge in [-0.1, -0.05) is 0 Å². The minimum absolute atomic E-state index is 0.0192. The molecule has 6 N–H and O–H groups in total. The van der Waals surface area contributed by atoms with E-state index in [1.54, 1.807) is 6.92 Å². The number of nitrogens with two attached hydrogens (primary N) is 2. The van der Waals surface area contributed by atoms with Gasteiger partial charge in [0, 0.05) is 76.2 Å². The number of nitrogens with zero attached hydrogens (tertiary/aromatic N) is 6. The van der Waals surface area contributed by atoms with E-state index in [2.05, 4.69) is 53.6 Å². The number of H-pyrrole nitrogens is 2. The van der Waals surface area contributed by atoms with Crippen LogP contribution in [0.5, 0.6) is 0 Å². The lowest BCUT2D eigenvalue weighted by molar-refractivity contribution is -0.151. The predicted octanol–water partition coefficient (Wildman–Crippen LogP) is 0.517. The number of aryl methyl sites for hydroxylation is 2. The average Bonchev–Trinajstić information content (AvgIpc) is 3.94. The molecule has 1 saturated heterocycles. The highest BCUT2D eigenvalue weighted by Crippen LogP contribution is 2.41. The van der Waals surface area contributed by atoms with Crippen LogP contribution in [0, 0.1) is 5.92 Å². The molecule has 3 fully saturated rings. The van der Waals surface area contributed by atoms with E-state index in [1.807, 2.05) is 23.5 Å². The number of rotatable bonds is 6. The molecule has 7 rings (SSSR count). The summed E-state index contributed by atoms with van der Waals surface area (Å²) < 4.78 is 8.75. The minimum atomic E-state index is -0.833. The van der Waals surface area contributed by atoms with Gasteiger partial charge < -0.3 is 31.0 Å². The number of Topliss-reactive ketones (excluding diaryl/α,β-unsaturated/α-hetero) is 1. The molecule has 3 aromatic heterocycles. The van der Waals surface area contributed by atoms with Crippen LogP contribution < -0.4 is 32.5 Å². The maximum absolute atomic E-state index is 11.9. The first-order chi connectivity index (χ1) is 21.9. The lowest BCUT2D eigenvalue weighted by atomic mass is 9.96. The Bertz CT molecular complexity index is 1710. The van der Waals surface area contributed by atoms with Crippen LogP contribution in [0.15, 0.2) is 21.7 Å². The largest absolute Gasteiger partial charge is 0.465 e. The average molecular weight is 639 g/mol. The van der Waals surface area contributed by atoms with Gasteiger partial charge in [-0.3, -0.25) is 28.7 Å². The number of aromatic amines is 2. The highest BCUT2D eigenvalue weighted by Gasteiger charge is 2.36. The van der Waals surface area contributed by atoms with Gasteiger partial charge in [0.1, 0.15) is 17.6 Å². The molecule has 3 aromatic rings. The van der Waals surface area contributed by atoms with Gasteiger partial charge >= 0.3 is 17.7 Å². The maximum atomic E-state index is 11.9. The van der Waals surface area contributed by atoms with E-state index < -0.39 is 23.6 Å². The fraction of sp³-hybridized carbons (Fsp3) is 0.567. The molecule has 2 aliphatic heterocycles. The summed E-state index contributed by atoms with van der Waals surface area (Å²) in [5.74, 6) is 2.13. The second kappa shape index (κ2) is 13.6. The third-order valence-electron chi connectivity index (χ3n) is 8.49. The number of hydrogen-bond acceptors (Lipinski definition) is 10. The number of fused-ring (bicyclic) bond motifs is 1. The SMILES string of the molecule is CCOC(=O)C1CN(c2cc(C3CC3)nn2C)CCC1=O.Cn1nc(C2CC2)cc1N1CCc2[nH]c(=O)[nH]c(=O)c2C1.NC(N)=O. The Morgan fingerprint density at radius 3 is 1.98 bits per heavy atom. The second-order valence-electron chi connectivity index (χ2n) is 12.1. The number of urea groups is 1. The molecule has 0 radical (unpaired) electrons. The van der Waals surface area contributed by atoms with Crippen molar-refractivity contribution in [2.75, 3.05) is 36.0 Å². The van der Waals surface area contributed by atoms with E-state index in [1.165, 1.54) is 25.7 Å². The Kier molecular flexibility index (Phi) is 9.63. The monoisotopic (exact) mass is 638 g/mol. The fourth-order valence-corrected chi connectivity index (χ4v) is 5.85. The highest BCUT2D eigenvalue weighted by atomic mass is 16.5. The maximum Gasteiger partial charge on any atom is 0.325 e. The number of nitrogens with one attached hydrogen (secondary N) is 2. The molecular weight excluding hydrogens is 596 g/mol. The summed E-state index contributed by atoms with van der Waals surface area (Å²) in [6, 6.07) is 3.39. The number of primary amides is 2. The number of aromatic nitrogens is 6. The zero-order chi connectivity index (χ0) is 33.1. The lowest BCUT2D eigenvalue weighted by Crippen LogP contribution is -2.45. The number of hydrogen-bond donors (Lipinski definition) is 4. The molecule has 1 atom stereocenters. The molecule has 1 unspecified atom stereocenters. The Morgan fingerprint density at radius 1 is 0.891 bits per heavy atom. The van der Waals surface area contributed by atoms with E-state index in [9.17, 15) is 19.2 Å². The van der Waals surface area contributed by atoms with Crippen molar-refractivity contribution in [2.24, 2.45) is 31.5 Å². The molecular formula is C30H42N10O6. The Labute approximate surface area is 265 Å². The molecule has 5 heterocycles. The summed E-state index contributed by atoms with van der Waals surface area (Å²) in [6.07, 6.45) is 5.91. The Balaban J connectivity index is 0.000000163. The van der Waals surface area contributed by atoms with E-state index >= 15 is 0 Å². The number of carbonyl (C=O) groups excluding carboxylic acids is 3. The van der Waals surface area contributed by atoms with Gasteiger partial charge in [-0.25, -0.2) is 9.59 Å². The molecule has 0 bridgehead atoms. The quantitative estimate of drug-likeness (QED) is 0.216. The van der Waals surface area contributed by atoms with Gasteiger partial charge in [0.2, 0.25) is 0 Å². The van der Waals surface area contributed by atoms with Crippen LogP contribution in [0.1, 0.15) is 73.5 Å². The van der Waals surface area contributed by atoms with Crippen LogP contribution in [-0.2, 0) is 41.4 Å². The van der Waals surface area contributed by atoms with Crippen LogP contribution in [0.4, 0.5) is 16.4 Å². The van der Waals surface area contributed by atoms with Crippen LogP contribution in [0.25, 0.3) is 0 Å². The van der Waals surface area contributed by atoms with Crippen molar-refractivity contribution in [1.29, 1.82) is 0 Å². The zero-order valence-electron chi connectivity index (χ0n) is 26.5. The first-order valence-corrected chi connectivity index (χ1v) is 15.6. The Morgan fingerprint density at radius 2 is 1.43 bits per heavy atom. The summed E-state index contributed by atoms with van der Waals surface area (Å²) in [5, 5.41) is 9.12. The topological polar surface area (TPSA) is 220 Å². The summed E-state index contributed by atoms with van der Waals surface area (Å²) in [7, 11) is 3.85. The summed E-state index contributed by atoms with van der Waals surface area (Å²) in [6.45, 7) is 4.37. The van der Waals surface area contributed by atoms with Gasteiger partial charge in [-0.05, 0) is 32.6 Å². The fourth-order valence-electron chi connectivity index (χ4n) is 5.85. The van der Waals surface area contributed by atoms with Gasteiger partial charge in [0.25, 0.3) is 5.56 Å². The number of amides is 2. The van der Waals surface area contributed by atoms with Crippen molar-refractivity contribution in [3.05, 3.63) is 55.6 Å². The molecule has 2 aliphatic carbocycles. The first kappa shape index (κ1) is 32.5. The van der Waals surface area contributed by atoms with Crippen LogP contribution in [0.2, 0.25) is 0 Å². The minimum Gasteiger partial charge on any atom is -0.465 e. The van der Waals surface area contributed by atoms with Crippen LogP contribution >= 0.6 is 0 Å². The number of esters is 1. The molecule has 16 heteroatoms. The van der Waals surface area contributed by atoms with Crippen molar-refractivity contribution in [2.45, 2.75) is 63.8 Å². The van der Waals surface area contributed by atoms with E-state index in [4.69, 9.17) is 9.53 Å². The number of ketones is 1. The number of ether oxygens (including phenoxy) is 1. The van der Waals surface area contributed by atoms with Gasteiger partial charge in [-0.2, -0.15) is 10.2 Å².